The summed E-state index contributed by atoms with van der Waals surface area (Å²) >= 11 is 0. The van der Waals surface area contributed by atoms with Crippen molar-refractivity contribution in [3.05, 3.63) is 0 Å². The monoisotopic (exact) mass is 300 g/mol. The molecule has 1 rings (SSSR count). The molecule has 1 saturated carbocycles. The van der Waals surface area contributed by atoms with Crippen LogP contribution in [-0.4, -0.2) is 42.3 Å². The zero-order valence-electron chi connectivity index (χ0n) is 13.3. The lowest BCUT2D eigenvalue weighted by atomic mass is 9.80. The SMILES string of the molecule is CCC(CC)[C@@H](NC(C)=O)[C@@H]1[C@H](O)[C@@H](C(=O)OC)C[C@H]1N. The van der Waals surface area contributed by atoms with E-state index in [1.807, 2.05) is 13.8 Å². The third-order valence-corrected chi connectivity index (χ3v) is 4.67. The molecule has 0 bridgehead atoms. The first kappa shape index (κ1) is 17.9. The van der Waals surface area contributed by atoms with Gasteiger partial charge in [0.05, 0.1) is 19.1 Å². The molecule has 1 amide bonds. The molecular weight excluding hydrogens is 272 g/mol. The van der Waals surface area contributed by atoms with E-state index in [9.17, 15) is 14.7 Å². The van der Waals surface area contributed by atoms with Crippen LogP contribution < -0.4 is 11.1 Å². The fourth-order valence-electron chi connectivity index (χ4n) is 3.54. The van der Waals surface area contributed by atoms with Crippen LogP contribution >= 0.6 is 0 Å². The van der Waals surface area contributed by atoms with Gasteiger partial charge in [-0.05, 0) is 12.3 Å². The Bertz CT molecular complexity index is 371. The Balaban J connectivity index is 3.00. The first-order valence-corrected chi connectivity index (χ1v) is 7.65. The topological polar surface area (TPSA) is 102 Å². The normalized spacial score (nSPS) is 30.2. The van der Waals surface area contributed by atoms with E-state index in [0.717, 1.165) is 12.8 Å². The molecule has 0 radical (unpaired) electrons. The molecule has 0 aromatic carbocycles. The molecule has 6 heteroatoms. The minimum atomic E-state index is -0.884. The van der Waals surface area contributed by atoms with Gasteiger partial charge in [0.2, 0.25) is 5.91 Å². The summed E-state index contributed by atoms with van der Waals surface area (Å²) in [5, 5.41) is 13.4. The lowest BCUT2D eigenvalue weighted by molar-refractivity contribution is -0.149. The third-order valence-electron chi connectivity index (χ3n) is 4.67. The van der Waals surface area contributed by atoms with Gasteiger partial charge in [0.25, 0.3) is 0 Å². The molecule has 0 unspecified atom stereocenters. The third kappa shape index (κ3) is 3.95. The second kappa shape index (κ2) is 7.75. The van der Waals surface area contributed by atoms with E-state index < -0.39 is 18.0 Å². The van der Waals surface area contributed by atoms with Crippen molar-refractivity contribution in [2.75, 3.05) is 7.11 Å². The fraction of sp³-hybridized carbons (Fsp3) is 0.867. The summed E-state index contributed by atoms with van der Waals surface area (Å²) in [5.41, 5.74) is 6.16. The summed E-state index contributed by atoms with van der Waals surface area (Å²) in [6.07, 6.45) is 1.25. The predicted octanol–water partition coefficient (Wildman–Crippen LogP) is 0.425. The molecule has 0 spiro atoms. The van der Waals surface area contributed by atoms with Crippen molar-refractivity contribution >= 4 is 11.9 Å². The van der Waals surface area contributed by atoms with Crippen LogP contribution in [0.15, 0.2) is 0 Å². The van der Waals surface area contributed by atoms with Crippen molar-refractivity contribution in [3.63, 3.8) is 0 Å². The lowest BCUT2D eigenvalue weighted by Crippen LogP contribution is -2.52. The minimum Gasteiger partial charge on any atom is -0.469 e. The quantitative estimate of drug-likeness (QED) is 0.617. The van der Waals surface area contributed by atoms with E-state index in [2.05, 4.69) is 5.32 Å². The summed E-state index contributed by atoms with van der Waals surface area (Å²) in [4.78, 5) is 23.3. The second-order valence-electron chi connectivity index (χ2n) is 5.90. The van der Waals surface area contributed by atoms with Gasteiger partial charge in [0.15, 0.2) is 0 Å². The Morgan fingerprint density at radius 3 is 2.38 bits per heavy atom. The van der Waals surface area contributed by atoms with Crippen LogP contribution in [0.2, 0.25) is 0 Å². The predicted molar refractivity (Wildman–Crippen MR) is 79.3 cm³/mol. The number of esters is 1. The number of aliphatic hydroxyl groups excluding tert-OH is 1. The summed E-state index contributed by atoms with van der Waals surface area (Å²) in [6.45, 7) is 5.56. The maximum atomic E-state index is 11.7. The van der Waals surface area contributed by atoms with Crippen LogP contribution in [0, 0.1) is 17.8 Å². The number of carbonyl (C=O) groups excluding carboxylic acids is 2. The van der Waals surface area contributed by atoms with E-state index in [1.165, 1.54) is 14.0 Å². The van der Waals surface area contributed by atoms with Gasteiger partial charge in [0, 0.05) is 24.9 Å². The van der Waals surface area contributed by atoms with Gasteiger partial charge in [-0.1, -0.05) is 26.7 Å². The van der Waals surface area contributed by atoms with Crippen molar-refractivity contribution in [3.8, 4) is 0 Å². The molecule has 5 atom stereocenters. The van der Waals surface area contributed by atoms with Crippen LogP contribution in [0.4, 0.5) is 0 Å². The molecule has 1 aliphatic rings. The highest BCUT2D eigenvalue weighted by atomic mass is 16.5. The maximum Gasteiger partial charge on any atom is 0.311 e. The van der Waals surface area contributed by atoms with Crippen LogP contribution in [0.3, 0.4) is 0 Å². The van der Waals surface area contributed by atoms with Crippen LogP contribution in [0.1, 0.15) is 40.0 Å². The first-order chi connectivity index (χ1) is 9.87. The summed E-state index contributed by atoms with van der Waals surface area (Å²) in [5.74, 6) is -1.31. The molecule has 0 aromatic rings. The molecule has 0 heterocycles. The Kier molecular flexibility index (Phi) is 6.61. The minimum absolute atomic E-state index is 0.146. The Hall–Kier alpha value is -1.14. The number of aliphatic hydroxyl groups is 1. The van der Waals surface area contributed by atoms with Crippen molar-refractivity contribution in [2.45, 2.75) is 58.2 Å². The molecule has 4 N–H and O–H groups in total. The van der Waals surface area contributed by atoms with E-state index in [4.69, 9.17) is 10.5 Å². The number of ether oxygens (including phenoxy) is 1. The van der Waals surface area contributed by atoms with Gasteiger partial charge >= 0.3 is 5.97 Å². The van der Waals surface area contributed by atoms with Crippen molar-refractivity contribution in [1.29, 1.82) is 0 Å². The van der Waals surface area contributed by atoms with E-state index >= 15 is 0 Å². The number of nitrogens with one attached hydrogen (secondary N) is 1. The largest absolute Gasteiger partial charge is 0.469 e. The molecule has 1 fully saturated rings. The van der Waals surface area contributed by atoms with Gasteiger partial charge in [-0.3, -0.25) is 9.59 Å². The smallest absolute Gasteiger partial charge is 0.311 e. The highest BCUT2D eigenvalue weighted by Gasteiger charge is 2.49. The van der Waals surface area contributed by atoms with Crippen molar-refractivity contribution < 1.29 is 19.4 Å². The standard InChI is InChI=1S/C15H28N2O4/c1-5-9(6-2)13(17-8(3)18)12-11(16)7-10(14(12)19)15(20)21-4/h9-14,19H,5-7,16H2,1-4H3,(H,17,18)/t10-,11+,12+,13+,14+/m0/s1. The number of nitrogens with two attached hydrogens (primary N) is 1. The van der Waals surface area contributed by atoms with E-state index in [0.29, 0.717) is 6.42 Å². The van der Waals surface area contributed by atoms with Gasteiger partial charge in [-0.25, -0.2) is 0 Å². The van der Waals surface area contributed by atoms with Crippen LogP contribution in [0.25, 0.3) is 0 Å². The zero-order chi connectivity index (χ0) is 16.2. The average Bonchev–Trinajstić information content (AvgIpc) is 2.73. The van der Waals surface area contributed by atoms with Gasteiger partial charge in [0.1, 0.15) is 0 Å². The molecule has 21 heavy (non-hydrogen) atoms. The van der Waals surface area contributed by atoms with Crippen molar-refractivity contribution in [1.82, 2.24) is 5.32 Å². The number of carbonyl (C=O) groups is 2. The summed E-state index contributed by atoms with van der Waals surface area (Å²) < 4.78 is 4.73. The molecule has 122 valence electrons. The Morgan fingerprint density at radius 2 is 1.95 bits per heavy atom. The van der Waals surface area contributed by atoms with E-state index in [1.54, 1.807) is 0 Å². The molecule has 0 aliphatic heterocycles. The average molecular weight is 300 g/mol. The second-order valence-corrected chi connectivity index (χ2v) is 5.90. The lowest BCUT2D eigenvalue weighted by Gasteiger charge is -2.35. The van der Waals surface area contributed by atoms with E-state index in [-0.39, 0.29) is 29.8 Å². The number of methoxy groups -OCH3 is 1. The van der Waals surface area contributed by atoms with Gasteiger partial charge in [-0.2, -0.15) is 0 Å². The summed E-state index contributed by atoms with van der Waals surface area (Å²) in [6, 6.07) is -0.557. The molecule has 0 aromatic heterocycles. The highest BCUT2D eigenvalue weighted by Crippen LogP contribution is 2.37. The fourth-order valence-corrected chi connectivity index (χ4v) is 3.54. The maximum absolute atomic E-state index is 11.7. The summed E-state index contributed by atoms with van der Waals surface area (Å²) in [7, 11) is 1.31. The van der Waals surface area contributed by atoms with Gasteiger partial charge in [-0.15, -0.1) is 0 Å². The number of rotatable bonds is 6. The van der Waals surface area contributed by atoms with Crippen molar-refractivity contribution in [2.24, 2.45) is 23.5 Å². The van der Waals surface area contributed by atoms with Crippen LogP contribution in [-0.2, 0) is 14.3 Å². The van der Waals surface area contributed by atoms with Crippen LogP contribution in [0.5, 0.6) is 0 Å². The number of hydrogen-bond donors (Lipinski definition) is 3. The molecule has 0 saturated heterocycles. The van der Waals surface area contributed by atoms with Gasteiger partial charge < -0.3 is 20.9 Å². The first-order valence-electron chi connectivity index (χ1n) is 7.65. The molecule has 6 nitrogen and oxygen atoms in total. The Morgan fingerprint density at radius 1 is 1.38 bits per heavy atom. The zero-order valence-corrected chi connectivity index (χ0v) is 13.3. The highest BCUT2D eigenvalue weighted by molar-refractivity contribution is 5.74. The number of hydrogen-bond acceptors (Lipinski definition) is 5. The Labute approximate surface area is 126 Å². The molecule has 1 aliphatic carbocycles. The number of amides is 1. The molecular formula is C15H28N2O4.